The molecule has 4 aromatic carbocycles. The molecule has 7 N–H and O–H groups in total. The number of amides is 3. The summed E-state index contributed by atoms with van der Waals surface area (Å²) in [5.41, 5.74) is 10.2. The summed E-state index contributed by atoms with van der Waals surface area (Å²) in [6.45, 7) is 20.9. The number of methoxy groups -OCH3 is 2. The lowest BCUT2D eigenvalue weighted by Gasteiger charge is -2.35. The van der Waals surface area contributed by atoms with Crippen LogP contribution in [0, 0.1) is 45.3 Å². The van der Waals surface area contributed by atoms with E-state index in [1.807, 2.05) is 70.7 Å². The number of nitrogens with two attached hydrogens (primary N) is 1. The van der Waals surface area contributed by atoms with E-state index in [4.69, 9.17) is 44.4 Å². The summed E-state index contributed by atoms with van der Waals surface area (Å²) in [4.78, 5) is 155. The zero-order valence-electron chi connectivity index (χ0n) is 78.1. The standard InChI is InChI=1S/C26H29N5O5S.C25H27N5O5S.C25H29N5O4S.C21H21N5O3S/c1-26(2,3)36-25(34)28-18-10-7-11-30(14-18)24-29-20-19(23(33)35-4)15-37-21(20)22(32)31(24)13-17-9-6-5-8-16(17)12-27;1-25(2,3)35-24(34)27-17-9-6-10-29(13-17)23-28-19-18(22(32)33)14-36-20(19)21(31)30(23)12-16-8-5-4-7-15(16)11-26;1-25(2,3)34-24(33)27-19-9-6-10-29(13-19)23-28-20-18(14-31)15-35-21(20)22(32)30(23)12-17-8-5-4-7-16(17)11-26;1-29-20(28)16-12-30-18-17(16)24-21(25-8-4-7-15(23)11-25)26(19(18)27)10-14-6-3-2-5-13(14)9-22/h5-6,8-9,15,18H,7,10-11,13-14H2,1-4H3,(H,28,34);4-5,7-8,14,17H,6,9-10,12-13H2,1-3H3,(H,27,34)(H,32,33);4-5,7-8,15,19,31H,6,9-10,12-14H2,1-3H3,(H,27,33);2-3,5-6,12,15H,4,7-8,10-11,23H2,1H3/t18-;17-;19-;15-/m1111/s1. The first-order valence-corrected chi connectivity index (χ1v) is 48.2. The maximum Gasteiger partial charge on any atom is 0.407 e. The molecule has 0 spiro atoms. The van der Waals surface area contributed by atoms with E-state index in [0.29, 0.717) is 140 Å². The van der Waals surface area contributed by atoms with E-state index in [0.717, 1.165) is 85.2 Å². The number of thiophene rings is 4. The van der Waals surface area contributed by atoms with Crippen molar-refractivity contribution in [3.05, 3.63) is 227 Å². The molecular formula is C97H106N20O17S4. The third-order valence-electron chi connectivity index (χ3n) is 22.8. The van der Waals surface area contributed by atoms with Crippen LogP contribution < -0.4 is 63.5 Å². The zero-order chi connectivity index (χ0) is 99.2. The van der Waals surface area contributed by atoms with E-state index in [1.165, 1.54) is 51.4 Å². The third-order valence-corrected chi connectivity index (χ3v) is 26.7. The van der Waals surface area contributed by atoms with Gasteiger partial charge in [-0.25, -0.2) is 48.7 Å². The average molecular weight is 1950 g/mol. The van der Waals surface area contributed by atoms with Gasteiger partial charge in [0.1, 0.15) is 52.2 Å². The average Bonchev–Trinajstić information content (AvgIpc) is 1.61. The van der Waals surface area contributed by atoms with Gasteiger partial charge in [-0.3, -0.25) is 37.4 Å². The van der Waals surface area contributed by atoms with Gasteiger partial charge in [0.05, 0.1) is 116 Å². The number of hydrogen-bond donors (Lipinski definition) is 6. The Morgan fingerprint density at radius 2 is 0.674 bits per heavy atom. The molecule has 138 heavy (non-hydrogen) atoms. The van der Waals surface area contributed by atoms with Crippen LogP contribution in [-0.4, -0.2) is 192 Å². The van der Waals surface area contributed by atoms with Gasteiger partial charge in [-0.2, -0.15) is 21.0 Å². The van der Waals surface area contributed by atoms with Gasteiger partial charge in [-0.15, -0.1) is 45.3 Å². The fraction of sp³-hybridized carbons (Fsp3) is 0.402. The van der Waals surface area contributed by atoms with Gasteiger partial charge in [-0.05, 0) is 166 Å². The minimum atomic E-state index is -1.16. The van der Waals surface area contributed by atoms with Crippen LogP contribution >= 0.6 is 45.3 Å². The van der Waals surface area contributed by atoms with Crippen molar-refractivity contribution in [2.75, 3.05) is 86.2 Å². The Kier molecular flexibility index (Phi) is 32.3. The molecule has 0 saturated carbocycles. The summed E-state index contributed by atoms with van der Waals surface area (Å²) in [7, 11) is 2.58. The van der Waals surface area contributed by atoms with Gasteiger partial charge < -0.3 is 75.2 Å². The van der Waals surface area contributed by atoms with Gasteiger partial charge in [0, 0.05) is 98.2 Å². The molecule has 0 aliphatic carbocycles. The number of hydrogen-bond acceptors (Lipinski definition) is 33. The van der Waals surface area contributed by atoms with Crippen molar-refractivity contribution in [1.29, 1.82) is 21.0 Å². The van der Waals surface area contributed by atoms with Gasteiger partial charge >= 0.3 is 36.2 Å². The highest BCUT2D eigenvalue weighted by molar-refractivity contribution is 7.18. The van der Waals surface area contributed by atoms with Gasteiger partial charge in [0.2, 0.25) is 23.8 Å². The summed E-state index contributed by atoms with van der Waals surface area (Å²) in [6.07, 6.45) is 4.79. The molecule has 0 bridgehead atoms. The molecule has 8 aromatic heterocycles. The van der Waals surface area contributed by atoms with E-state index >= 15 is 0 Å². The molecule has 12 aromatic rings. The Bertz CT molecular complexity index is 7050. The molecule has 4 saturated heterocycles. The van der Waals surface area contributed by atoms with Crippen LogP contribution in [0.5, 0.6) is 0 Å². The first-order valence-electron chi connectivity index (χ1n) is 44.6. The molecule has 0 radical (unpaired) electrons. The van der Waals surface area contributed by atoms with Crippen molar-refractivity contribution in [3.8, 4) is 24.3 Å². The smallest absolute Gasteiger partial charge is 0.407 e. The molecule has 4 fully saturated rings. The predicted octanol–water partition coefficient (Wildman–Crippen LogP) is 12.7. The second-order valence-electron chi connectivity index (χ2n) is 36.3. The number of rotatable bonds is 19. The number of aromatic carboxylic acids is 1. The molecule has 4 aliphatic heterocycles. The predicted molar refractivity (Wildman–Crippen MR) is 525 cm³/mol. The maximum absolute atomic E-state index is 13.7. The lowest BCUT2D eigenvalue weighted by Crippen LogP contribution is -2.50. The number of carboxylic acid groups (broad SMARTS) is 1. The van der Waals surface area contributed by atoms with Gasteiger partial charge in [-0.1, -0.05) is 72.8 Å². The fourth-order valence-corrected chi connectivity index (χ4v) is 20.2. The Morgan fingerprint density at radius 1 is 0.406 bits per heavy atom. The summed E-state index contributed by atoms with van der Waals surface area (Å²) in [6, 6.07) is 36.5. The maximum atomic E-state index is 13.7. The number of carboxylic acids is 1. The number of carbonyl (C=O) groups is 6. The summed E-state index contributed by atoms with van der Waals surface area (Å²) in [5.74, 6) is -0.670. The van der Waals surface area contributed by atoms with E-state index in [-0.39, 0.29) is 112 Å². The quantitative estimate of drug-likeness (QED) is 0.0323. The summed E-state index contributed by atoms with van der Waals surface area (Å²) >= 11 is 4.60. The number of piperidine rings is 4. The second kappa shape index (κ2) is 44.1. The first-order chi connectivity index (χ1) is 65.9. The molecular weight excluding hydrogens is 1850 g/mol. The minimum Gasteiger partial charge on any atom is -0.478 e. The number of aromatic nitrogens is 8. The summed E-state index contributed by atoms with van der Waals surface area (Å²) < 4.78 is 33.6. The number of nitrogens with one attached hydrogen (secondary N) is 3. The van der Waals surface area contributed by atoms with Crippen LogP contribution in [0.3, 0.4) is 0 Å². The fourth-order valence-electron chi connectivity index (χ4n) is 16.5. The van der Waals surface area contributed by atoms with Crippen LogP contribution in [0.4, 0.5) is 38.2 Å². The minimum absolute atomic E-state index is 0.0197. The van der Waals surface area contributed by atoms with Crippen molar-refractivity contribution < 1.29 is 62.7 Å². The van der Waals surface area contributed by atoms with Crippen LogP contribution in [0.1, 0.15) is 195 Å². The first kappa shape index (κ1) is 101. The number of benzene rings is 4. The Balaban J connectivity index is 0.000000156. The van der Waals surface area contributed by atoms with E-state index in [9.17, 15) is 79.2 Å². The molecule has 16 rings (SSSR count). The number of fused-ring (bicyclic) bond motifs is 4. The number of aliphatic hydroxyl groups excluding tert-OH is 1. The molecule has 0 unspecified atom stereocenters. The van der Waals surface area contributed by atoms with E-state index in [1.54, 1.807) is 134 Å². The highest BCUT2D eigenvalue weighted by Crippen LogP contribution is 2.34. The normalized spacial score (nSPS) is 16.1. The number of nitriles is 4. The molecule has 4 atom stereocenters. The van der Waals surface area contributed by atoms with E-state index < -0.39 is 53.0 Å². The Labute approximate surface area is 809 Å². The highest BCUT2D eigenvalue weighted by Gasteiger charge is 2.35. The van der Waals surface area contributed by atoms with E-state index in [2.05, 4.69) is 45.2 Å². The lowest BCUT2D eigenvalue weighted by molar-refractivity contribution is 0.0488. The van der Waals surface area contributed by atoms with Crippen molar-refractivity contribution in [2.45, 2.75) is 187 Å². The SMILES string of the molecule is CC(C)(C)OC(=O)N[C@@H]1CCCN(c2nc3c(C(=O)O)csc3c(=O)n2Cc2ccccc2C#N)C1.CC(C)(C)OC(=O)N[C@@H]1CCCN(c2nc3c(CO)csc3c(=O)n2Cc2ccccc2C#N)C1.COC(=O)c1csc2c(=O)n(Cc3ccccc3C#N)c(N3CCC[C@@H](N)C3)nc12.COC(=O)c1csc2c(=O)n(Cc3ccccc3C#N)c(N3CCC[C@@H](NC(=O)OC(C)(C)C)C3)nc12. The van der Waals surface area contributed by atoms with Crippen molar-refractivity contribution in [2.24, 2.45) is 5.73 Å². The van der Waals surface area contributed by atoms with Crippen molar-refractivity contribution in [3.63, 3.8) is 0 Å². The second-order valence-corrected chi connectivity index (χ2v) is 39.8. The van der Waals surface area contributed by atoms with Crippen molar-refractivity contribution >= 4 is 146 Å². The lowest BCUT2D eigenvalue weighted by atomic mass is 10.1. The van der Waals surface area contributed by atoms with Gasteiger partial charge in [0.15, 0.2) is 0 Å². The number of carbonyl (C=O) groups excluding carboxylic acids is 5. The molecule has 37 nitrogen and oxygen atoms in total. The molecule has 4 aliphatic rings. The number of esters is 2. The monoisotopic (exact) mass is 1950 g/mol. The largest absolute Gasteiger partial charge is 0.478 e. The number of alkyl carbamates (subject to hydrolysis) is 3. The Hall–Kier alpha value is -14.5. The number of nitrogens with zero attached hydrogens (tertiary/aromatic N) is 16. The number of ether oxygens (including phenoxy) is 5. The molecule has 3 amide bonds. The number of anilines is 4. The van der Waals surface area contributed by atoms with Crippen LogP contribution in [-0.2, 0) is 56.5 Å². The summed E-state index contributed by atoms with van der Waals surface area (Å²) in [5, 5.41) is 72.6. The highest BCUT2D eigenvalue weighted by atomic mass is 32.1. The third kappa shape index (κ3) is 24.1. The van der Waals surface area contributed by atoms with Gasteiger partial charge in [0.25, 0.3) is 22.2 Å². The van der Waals surface area contributed by atoms with Crippen LogP contribution in [0.25, 0.3) is 40.9 Å². The zero-order valence-corrected chi connectivity index (χ0v) is 81.4. The van der Waals surface area contributed by atoms with Crippen molar-refractivity contribution in [1.82, 2.24) is 54.2 Å². The molecule has 720 valence electrons. The molecule has 41 heteroatoms. The van der Waals surface area contributed by atoms with Crippen LogP contribution in [0.2, 0.25) is 0 Å². The molecule has 12 heterocycles. The van der Waals surface area contributed by atoms with Crippen LogP contribution in [0.15, 0.2) is 138 Å². The Morgan fingerprint density at radius 3 is 0.957 bits per heavy atom. The topological polar surface area (TPSA) is 499 Å². The number of aliphatic hydroxyl groups is 1.